The zero-order chi connectivity index (χ0) is 13.2. The summed E-state index contributed by atoms with van der Waals surface area (Å²) in [6.07, 6.45) is 3.36. The first-order chi connectivity index (χ1) is 8.53. The molecular formula is C16H25NO. The van der Waals surface area contributed by atoms with Gasteiger partial charge in [0, 0.05) is 24.4 Å². The molecule has 1 aromatic carbocycles. The Kier molecular flexibility index (Phi) is 3.96. The molecular weight excluding hydrogens is 222 g/mol. The zero-order valence-electron chi connectivity index (χ0n) is 11.8. The highest BCUT2D eigenvalue weighted by Gasteiger charge is 2.33. The van der Waals surface area contributed by atoms with Crippen LogP contribution in [0.5, 0.6) is 0 Å². The number of hydrogen-bond donors (Lipinski definition) is 1. The molecule has 1 unspecified atom stereocenters. The van der Waals surface area contributed by atoms with Crippen LogP contribution in [0.4, 0.5) is 5.69 Å². The molecule has 2 heteroatoms. The summed E-state index contributed by atoms with van der Waals surface area (Å²) in [7, 11) is 0. The van der Waals surface area contributed by atoms with E-state index in [0.29, 0.717) is 12.5 Å². The Morgan fingerprint density at radius 2 is 1.94 bits per heavy atom. The second-order valence-electron chi connectivity index (χ2n) is 6.18. The quantitative estimate of drug-likeness (QED) is 0.885. The molecule has 0 radical (unpaired) electrons. The molecule has 1 aliphatic heterocycles. The van der Waals surface area contributed by atoms with Crippen molar-refractivity contribution in [1.29, 1.82) is 0 Å². The van der Waals surface area contributed by atoms with Gasteiger partial charge in [-0.25, -0.2) is 0 Å². The van der Waals surface area contributed by atoms with Crippen molar-refractivity contribution in [3.63, 3.8) is 0 Å². The summed E-state index contributed by atoms with van der Waals surface area (Å²) < 4.78 is 0. The Balaban J connectivity index is 2.18. The fraction of sp³-hybridized carbons (Fsp3) is 0.625. The van der Waals surface area contributed by atoms with Crippen LogP contribution in [0.2, 0.25) is 0 Å². The van der Waals surface area contributed by atoms with Gasteiger partial charge in [0.15, 0.2) is 0 Å². The van der Waals surface area contributed by atoms with E-state index < -0.39 is 0 Å². The van der Waals surface area contributed by atoms with Crippen molar-refractivity contribution in [3.05, 3.63) is 29.8 Å². The van der Waals surface area contributed by atoms with E-state index in [4.69, 9.17) is 5.11 Å². The predicted molar refractivity (Wildman–Crippen MR) is 77.0 cm³/mol. The second-order valence-corrected chi connectivity index (χ2v) is 6.18. The van der Waals surface area contributed by atoms with Crippen LogP contribution in [0, 0.1) is 12.8 Å². The lowest BCUT2D eigenvalue weighted by atomic mass is 9.83. The highest BCUT2D eigenvalue weighted by molar-refractivity contribution is 5.50. The van der Waals surface area contributed by atoms with Crippen LogP contribution < -0.4 is 4.90 Å². The Morgan fingerprint density at radius 1 is 1.28 bits per heavy atom. The second kappa shape index (κ2) is 5.31. The Morgan fingerprint density at radius 3 is 2.56 bits per heavy atom. The summed E-state index contributed by atoms with van der Waals surface area (Å²) in [6, 6.07) is 8.80. The maximum Gasteiger partial charge on any atom is 0.0434 e. The molecule has 0 spiro atoms. The van der Waals surface area contributed by atoms with E-state index in [1.165, 1.54) is 24.1 Å². The fourth-order valence-corrected chi connectivity index (χ4v) is 2.89. The monoisotopic (exact) mass is 247 g/mol. The van der Waals surface area contributed by atoms with Gasteiger partial charge in [-0.3, -0.25) is 0 Å². The molecule has 0 aliphatic carbocycles. The smallest absolute Gasteiger partial charge is 0.0434 e. The normalized spacial score (nSPS) is 23.1. The van der Waals surface area contributed by atoms with E-state index in [1.54, 1.807) is 0 Å². The van der Waals surface area contributed by atoms with E-state index >= 15 is 0 Å². The van der Waals surface area contributed by atoms with Crippen LogP contribution in [-0.4, -0.2) is 23.8 Å². The number of rotatable bonds is 3. The minimum Gasteiger partial charge on any atom is -0.396 e. The molecule has 0 aromatic heterocycles. The number of aryl methyl sites for hydroxylation is 1. The van der Waals surface area contributed by atoms with Crippen LogP contribution >= 0.6 is 0 Å². The van der Waals surface area contributed by atoms with E-state index in [9.17, 15) is 0 Å². The van der Waals surface area contributed by atoms with Crippen molar-refractivity contribution >= 4 is 5.69 Å². The lowest BCUT2D eigenvalue weighted by molar-refractivity contribution is 0.217. The van der Waals surface area contributed by atoms with Gasteiger partial charge in [0.25, 0.3) is 0 Å². The van der Waals surface area contributed by atoms with E-state index in [1.807, 2.05) is 0 Å². The third kappa shape index (κ3) is 2.86. The molecule has 2 rings (SSSR count). The number of aliphatic hydroxyl groups is 1. The fourth-order valence-electron chi connectivity index (χ4n) is 2.89. The van der Waals surface area contributed by atoms with E-state index in [0.717, 1.165) is 13.0 Å². The van der Waals surface area contributed by atoms with Crippen molar-refractivity contribution in [2.24, 2.45) is 5.92 Å². The number of benzene rings is 1. The lowest BCUT2D eigenvalue weighted by Crippen LogP contribution is -2.50. The summed E-state index contributed by atoms with van der Waals surface area (Å²) in [6.45, 7) is 8.15. The topological polar surface area (TPSA) is 23.5 Å². The first-order valence-electron chi connectivity index (χ1n) is 6.98. The number of nitrogens with zero attached hydrogens (tertiary/aromatic N) is 1. The molecule has 1 aromatic rings. The lowest BCUT2D eigenvalue weighted by Gasteiger charge is -2.47. The van der Waals surface area contributed by atoms with Crippen LogP contribution in [0.1, 0.15) is 38.7 Å². The zero-order valence-corrected chi connectivity index (χ0v) is 11.8. The number of aliphatic hydroxyl groups excluding tert-OH is 1. The SMILES string of the molecule is Cc1ccc(N2CC(CCO)CCC2(C)C)cc1. The Bertz CT molecular complexity index is 383. The molecule has 0 bridgehead atoms. The van der Waals surface area contributed by atoms with Gasteiger partial charge in [0.1, 0.15) is 0 Å². The highest BCUT2D eigenvalue weighted by Crippen LogP contribution is 2.35. The maximum absolute atomic E-state index is 9.12. The standard InChI is InChI=1S/C16H25NO/c1-13-4-6-15(7-5-13)17-12-14(9-11-18)8-10-16(17,2)3/h4-7,14,18H,8-12H2,1-3H3. The van der Waals surface area contributed by atoms with Gasteiger partial charge in [0.2, 0.25) is 0 Å². The van der Waals surface area contributed by atoms with Gasteiger partial charge in [0.05, 0.1) is 0 Å². The van der Waals surface area contributed by atoms with Crippen molar-refractivity contribution in [1.82, 2.24) is 0 Å². The highest BCUT2D eigenvalue weighted by atomic mass is 16.3. The third-order valence-electron chi connectivity index (χ3n) is 4.22. The molecule has 0 amide bonds. The van der Waals surface area contributed by atoms with Crippen LogP contribution in [0.3, 0.4) is 0 Å². The molecule has 2 nitrogen and oxygen atoms in total. The predicted octanol–water partition coefficient (Wildman–Crippen LogP) is 3.37. The van der Waals surface area contributed by atoms with Crippen LogP contribution in [-0.2, 0) is 0 Å². The number of piperidine rings is 1. The molecule has 1 saturated heterocycles. The first-order valence-corrected chi connectivity index (χ1v) is 6.98. The van der Waals surface area contributed by atoms with Gasteiger partial charge in [-0.15, -0.1) is 0 Å². The maximum atomic E-state index is 9.12. The molecule has 100 valence electrons. The van der Waals surface area contributed by atoms with Gasteiger partial charge >= 0.3 is 0 Å². The largest absolute Gasteiger partial charge is 0.396 e. The average molecular weight is 247 g/mol. The molecule has 1 N–H and O–H groups in total. The molecule has 0 saturated carbocycles. The third-order valence-corrected chi connectivity index (χ3v) is 4.22. The summed E-state index contributed by atoms with van der Waals surface area (Å²) in [5.74, 6) is 0.629. The summed E-state index contributed by atoms with van der Waals surface area (Å²) in [5, 5.41) is 9.12. The summed E-state index contributed by atoms with van der Waals surface area (Å²) >= 11 is 0. The molecule has 18 heavy (non-hydrogen) atoms. The Hall–Kier alpha value is -1.02. The van der Waals surface area contributed by atoms with Crippen molar-refractivity contribution < 1.29 is 5.11 Å². The minimum atomic E-state index is 0.223. The van der Waals surface area contributed by atoms with Crippen molar-refractivity contribution in [3.8, 4) is 0 Å². The first kappa shape index (κ1) is 13.4. The Labute approximate surface area is 111 Å². The minimum absolute atomic E-state index is 0.223. The van der Waals surface area contributed by atoms with Gasteiger partial charge in [-0.05, 0) is 58.1 Å². The van der Waals surface area contributed by atoms with E-state index in [2.05, 4.69) is 49.9 Å². The van der Waals surface area contributed by atoms with E-state index in [-0.39, 0.29) is 5.54 Å². The summed E-state index contributed by atoms with van der Waals surface area (Å²) in [5.41, 5.74) is 2.84. The van der Waals surface area contributed by atoms with Crippen molar-refractivity contribution in [2.75, 3.05) is 18.1 Å². The molecule has 1 fully saturated rings. The van der Waals surface area contributed by atoms with Crippen LogP contribution in [0.15, 0.2) is 24.3 Å². The molecule has 1 atom stereocenters. The number of anilines is 1. The van der Waals surface area contributed by atoms with Crippen molar-refractivity contribution in [2.45, 2.75) is 45.6 Å². The van der Waals surface area contributed by atoms with Gasteiger partial charge in [-0.2, -0.15) is 0 Å². The number of hydrogen-bond acceptors (Lipinski definition) is 2. The van der Waals surface area contributed by atoms with Crippen LogP contribution in [0.25, 0.3) is 0 Å². The van der Waals surface area contributed by atoms with Gasteiger partial charge < -0.3 is 10.0 Å². The molecule has 1 heterocycles. The summed E-state index contributed by atoms with van der Waals surface area (Å²) in [4.78, 5) is 2.51. The average Bonchev–Trinajstić information content (AvgIpc) is 2.33. The molecule has 1 aliphatic rings. The van der Waals surface area contributed by atoms with Gasteiger partial charge in [-0.1, -0.05) is 17.7 Å².